The minimum Gasteiger partial charge on any atom is -0.322 e. The average Bonchev–Trinajstić information content (AvgIpc) is 2.58. The summed E-state index contributed by atoms with van der Waals surface area (Å²) in [6.07, 6.45) is 0. The van der Waals surface area contributed by atoms with Gasteiger partial charge in [0, 0.05) is 28.5 Å². The Balaban J connectivity index is 1.85. The van der Waals surface area contributed by atoms with E-state index in [4.69, 9.17) is 11.6 Å². The standard InChI is InChI=1S/C18H19ClN4O4/c1-12-9-15(23(26)27)7-8-16(12)21-18(25)11-22(2)10-17(24)20-14-5-3-13(19)4-6-14/h3-9H,10-11H2,1-2H3,(H,20,24)(H,21,25)/p+1. The first kappa shape index (κ1) is 20.3. The van der Waals surface area contributed by atoms with Crippen molar-refractivity contribution in [2.45, 2.75) is 6.92 Å². The molecule has 0 aliphatic carbocycles. The van der Waals surface area contributed by atoms with Gasteiger partial charge >= 0.3 is 0 Å². The molecule has 0 saturated heterocycles. The number of nitro groups is 1. The number of halogens is 1. The van der Waals surface area contributed by atoms with Gasteiger partial charge in [0.25, 0.3) is 17.5 Å². The number of carbonyl (C=O) groups is 2. The second-order valence-corrected chi connectivity index (χ2v) is 6.61. The number of likely N-dealkylation sites (N-methyl/N-ethyl adjacent to an activating group) is 1. The van der Waals surface area contributed by atoms with Gasteiger partial charge in [0.2, 0.25) is 0 Å². The summed E-state index contributed by atoms with van der Waals surface area (Å²) >= 11 is 5.80. The molecule has 0 fully saturated rings. The molecule has 9 heteroatoms. The van der Waals surface area contributed by atoms with E-state index in [9.17, 15) is 19.7 Å². The number of benzene rings is 2. The zero-order chi connectivity index (χ0) is 20.0. The van der Waals surface area contributed by atoms with Crippen molar-refractivity contribution in [3.8, 4) is 0 Å². The number of nitrogens with zero attached hydrogens (tertiary/aromatic N) is 1. The van der Waals surface area contributed by atoms with E-state index in [0.29, 0.717) is 26.9 Å². The Morgan fingerprint density at radius 2 is 1.67 bits per heavy atom. The van der Waals surface area contributed by atoms with Gasteiger partial charge in [-0.15, -0.1) is 0 Å². The summed E-state index contributed by atoms with van der Waals surface area (Å²) in [5, 5.41) is 16.8. The van der Waals surface area contributed by atoms with E-state index in [1.807, 2.05) is 0 Å². The number of anilines is 2. The minimum absolute atomic E-state index is 0.0351. The lowest BCUT2D eigenvalue weighted by atomic mass is 10.2. The fourth-order valence-corrected chi connectivity index (χ4v) is 2.57. The van der Waals surface area contributed by atoms with E-state index < -0.39 is 4.92 Å². The summed E-state index contributed by atoms with van der Waals surface area (Å²) in [6.45, 7) is 1.86. The Kier molecular flexibility index (Phi) is 6.86. The van der Waals surface area contributed by atoms with Gasteiger partial charge in [0.05, 0.1) is 12.0 Å². The number of nitrogens with one attached hydrogen (secondary N) is 3. The predicted molar refractivity (Wildman–Crippen MR) is 103 cm³/mol. The maximum atomic E-state index is 12.2. The van der Waals surface area contributed by atoms with Crippen molar-refractivity contribution in [1.82, 2.24) is 0 Å². The minimum atomic E-state index is -0.490. The first-order valence-electron chi connectivity index (χ1n) is 8.16. The van der Waals surface area contributed by atoms with Crippen LogP contribution in [0.1, 0.15) is 5.56 Å². The highest BCUT2D eigenvalue weighted by molar-refractivity contribution is 6.30. The highest BCUT2D eigenvalue weighted by Crippen LogP contribution is 2.20. The van der Waals surface area contributed by atoms with Crippen LogP contribution in [-0.2, 0) is 9.59 Å². The number of aryl methyl sites for hydroxylation is 1. The van der Waals surface area contributed by atoms with Gasteiger partial charge in [0.15, 0.2) is 13.1 Å². The van der Waals surface area contributed by atoms with Crippen LogP contribution >= 0.6 is 11.6 Å². The van der Waals surface area contributed by atoms with Crippen LogP contribution in [0.3, 0.4) is 0 Å². The topological polar surface area (TPSA) is 106 Å². The van der Waals surface area contributed by atoms with Gasteiger partial charge < -0.3 is 15.5 Å². The SMILES string of the molecule is Cc1cc([N+](=O)[O-])ccc1NC(=O)C[NH+](C)CC(=O)Nc1ccc(Cl)cc1. The van der Waals surface area contributed by atoms with E-state index in [1.165, 1.54) is 18.2 Å². The second kappa shape index (κ2) is 9.11. The Hall–Kier alpha value is -2.97. The van der Waals surface area contributed by atoms with E-state index in [1.54, 1.807) is 38.2 Å². The monoisotopic (exact) mass is 391 g/mol. The first-order valence-corrected chi connectivity index (χ1v) is 8.54. The smallest absolute Gasteiger partial charge is 0.279 e. The second-order valence-electron chi connectivity index (χ2n) is 6.17. The zero-order valence-electron chi connectivity index (χ0n) is 14.9. The molecule has 2 rings (SSSR count). The van der Waals surface area contributed by atoms with Gasteiger partial charge in [-0.25, -0.2) is 0 Å². The highest BCUT2D eigenvalue weighted by atomic mass is 35.5. The number of amides is 2. The maximum absolute atomic E-state index is 12.2. The fourth-order valence-electron chi connectivity index (χ4n) is 2.45. The predicted octanol–water partition coefficient (Wildman–Crippen LogP) is 1.65. The van der Waals surface area contributed by atoms with Crippen LogP contribution in [0.4, 0.5) is 17.1 Å². The van der Waals surface area contributed by atoms with E-state index in [-0.39, 0.29) is 30.6 Å². The first-order chi connectivity index (χ1) is 12.7. The largest absolute Gasteiger partial charge is 0.322 e. The number of quaternary nitrogens is 1. The van der Waals surface area contributed by atoms with Gasteiger partial charge in [0.1, 0.15) is 0 Å². The summed E-state index contributed by atoms with van der Waals surface area (Å²) in [6, 6.07) is 11.0. The van der Waals surface area contributed by atoms with Crippen molar-refractivity contribution in [3.63, 3.8) is 0 Å². The van der Waals surface area contributed by atoms with Gasteiger partial charge in [-0.05, 0) is 42.8 Å². The third kappa shape index (κ3) is 6.36. The summed E-state index contributed by atoms with van der Waals surface area (Å²) in [7, 11) is 1.73. The summed E-state index contributed by atoms with van der Waals surface area (Å²) in [4.78, 5) is 35.2. The van der Waals surface area contributed by atoms with Crippen molar-refractivity contribution in [3.05, 3.63) is 63.2 Å². The molecule has 1 unspecified atom stereocenters. The van der Waals surface area contributed by atoms with E-state index in [0.717, 1.165) is 0 Å². The van der Waals surface area contributed by atoms with Crippen molar-refractivity contribution < 1.29 is 19.4 Å². The van der Waals surface area contributed by atoms with Crippen LogP contribution in [-0.4, -0.2) is 36.9 Å². The van der Waals surface area contributed by atoms with Crippen LogP contribution in [0.25, 0.3) is 0 Å². The van der Waals surface area contributed by atoms with Crippen LogP contribution in [0.15, 0.2) is 42.5 Å². The number of non-ortho nitro benzene ring substituents is 1. The normalized spacial score (nSPS) is 11.5. The van der Waals surface area contributed by atoms with Crippen molar-refractivity contribution in [2.75, 3.05) is 30.8 Å². The molecule has 0 radical (unpaired) electrons. The molecule has 0 spiro atoms. The van der Waals surface area contributed by atoms with Gasteiger partial charge in [-0.3, -0.25) is 19.7 Å². The lowest BCUT2D eigenvalue weighted by molar-refractivity contribution is -0.862. The molecule has 0 aliphatic heterocycles. The zero-order valence-corrected chi connectivity index (χ0v) is 15.7. The van der Waals surface area contributed by atoms with Crippen molar-refractivity contribution in [1.29, 1.82) is 0 Å². The van der Waals surface area contributed by atoms with Crippen LogP contribution in [0, 0.1) is 17.0 Å². The lowest BCUT2D eigenvalue weighted by Crippen LogP contribution is -3.11. The fraction of sp³-hybridized carbons (Fsp3) is 0.222. The van der Waals surface area contributed by atoms with Crippen molar-refractivity contribution >= 4 is 40.5 Å². The number of rotatable bonds is 7. The molecule has 2 aromatic rings. The van der Waals surface area contributed by atoms with Crippen LogP contribution in [0.5, 0.6) is 0 Å². The third-order valence-electron chi connectivity index (χ3n) is 3.75. The molecule has 0 aromatic heterocycles. The van der Waals surface area contributed by atoms with Crippen molar-refractivity contribution in [2.24, 2.45) is 0 Å². The molecule has 0 saturated carbocycles. The number of hydrogen-bond acceptors (Lipinski definition) is 4. The quantitative estimate of drug-likeness (QED) is 0.493. The molecular weight excluding hydrogens is 372 g/mol. The number of nitro benzene ring substituents is 1. The van der Waals surface area contributed by atoms with Gasteiger partial charge in [-0.1, -0.05) is 11.6 Å². The molecule has 142 valence electrons. The molecule has 0 heterocycles. The molecule has 3 N–H and O–H groups in total. The van der Waals surface area contributed by atoms with Gasteiger partial charge in [-0.2, -0.15) is 0 Å². The summed E-state index contributed by atoms with van der Waals surface area (Å²) in [5.41, 5.74) is 1.69. The third-order valence-corrected chi connectivity index (χ3v) is 4.00. The summed E-state index contributed by atoms with van der Waals surface area (Å²) in [5.74, 6) is -0.516. The molecule has 1 atom stereocenters. The maximum Gasteiger partial charge on any atom is 0.279 e. The molecule has 8 nitrogen and oxygen atoms in total. The average molecular weight is 392 g/mol. The number of hydrogen-bond donors (Lipinski definition) is 3. The molecular formula is C18H20ClN4O4+. The Bertz CT molecular complexity index is 855. The van der Waals surface area contributed by atoms with E-state index >= 15 is 0 Å². The highest BCUT2D eigenvalue weighted by Gasteiger charge is 2.16. The molecule has 2 amide bonds. The number of carbonyl (C=O) groups excluding carboxylic acids is 2. The summed E-state index contributed by atoms with van der Waals surface area (Å²) < 4.78 is 0. The van der Waals surface area contributed by atoms with Crippen LogP contribution < -0.4 is 15.5 Å². The molecule has 0 aliphatic rings. The lowest BCUT2D eigenvalue weighted by Gasteiger charge is -2.14. The van der Waals surface area contributed by atoms with Crippen LogP contribution in [0.2, 0.25) is 5.02 Å². The molecule has 27 heavy (non-hydrogen) atoms. The van der Waals surface area contributed by atoms with E-state index in [2.05, 4.69) is 10.6 Å². The Morgan fingerprint density at radius 1 is 1.07 bits per heavy atom. The molecule has 0 bridgehead atoms. The Morgan fingerprint density at radius 3 is 2.22 bits per heavy atom. The molecule has 2 aromatic carbocycles. The Labute approximate surface area is 161 Å².